The van der Waals surface area contributed by atoms with E-state index in [4.69, 9.17) is 4.42 Å². The maximum absolute atomic E-state index is 12.3. The van der Waals surface area contributed by atoms with E-state index in [0.29, 0.717) is 32.7 Å². The molecule has 0 saturated carbocycles. The highest BCUT2D eigenvalue weighted by atomic mass is 32.2. The number of amides is 1. The van der Waals surface area contributed by atoms with Crippen molar-refractivity contribution >= 4 is 40.6 Å². The SMILES string of the molecule is CCc1ccc(N=C2NC(=O)/C(=C/c3ccc(-c4cccc(C(=O)O)c4C)o3)S2)cc1. The molecule has 1 aliphatic heterocycles. The van der Waals surface area contributed by atoms with Crippen molar-refractivity contribution < 1.29 is 19.1 Å². The van der Waals surface area contributed by atoms with Crippen molar-refractivity contribution in [1.29, 1.82) is 0 Å². The van der Waals surface area contributed by atoms with Gasteiger partial charge < -0.3 is 14.8 Å². The van der Waals surface area contributed by atoms with Gasteiger partial charge in [0.05, 0.1) is 16.2 Å². The van der Waals surface area contributed by atoms with E-state index in [9.17, 15) is 14.7 Å². The zero-order valence-corrected chi connectivity index (χ0v) is 17.8. The van der Waals surface area contributed by atoms with Crippen molar-refractivity contribution in [3.05, 3.63) is 82.0 Å². The smallest absolute Gasteiger partial charge is 0.335 e. The third-order valence-electron chi connectivity index (χ3n) is 4.96. The Kier molecular flexibility index (Phi) is 5.77. The third kappa shape index (κ3) is 4.46. The summed E-state index contributed by atoms with van der Waals surface area (Å²) in [5.74, 6) is -0.179. The first kappa shape index (κ1) is 20.7. The van der Waals surface area contributed by atoms with Gasteiger partial charge in [-0.3, -0.25) is 4.79 Å². The van der Waals surface area contributed by atoms with Crippen molar-refractivity contribution in [1.82, 2.24) is 5.32 Å². The standard InChI is InChI=1S/C24H20N2O4S/c1-3-15-7-9-16(10-8-15)25-24-26-22(27)21(31-24)13-17-11-12-20(30-17)18-5-4-6-19(14(18)2)23(28)29/h4-13H,3H2,1-2H3,(H,28,29)(H,25,26,27)/b21-13-. The van der Waals surface area contributed by atoms with Gasteiger partial charge in [-0.1, -0.05) is 31.2 Å². The molecule has 3 aromatic rings. The van der Waals surface area contributed by atoms with Gasteiger partial charge in [0.2, 0.25) is 0 Å². The molecule has 31 heavy (non-hydrogen) atoms. The first-order valence-corrected chi connectivity index (χ1v) is 10.6. The molecular formula is C24H20N2O4S. The van der Waals surface area contributed by atoms with E-state index < -0.39 is 5.97 Å². The molecule has 1 amide bonds. The average Bonchev–Trinajstić information content (AvgIpc) is 3.35. The molecule has 0 spiro atoms. The molecule has 2 N–H and O–H groups in total. The first-order chi connectivity index (χ1) is 14.9. The van der Waals surface area contributed by atoms with E-state index in [1.54, 1.807) is 37.3 Å². The van der Waals surface area contributed by atoms with Crippen LogP contribution < -0.4 is 5.32 Å². The molecule has 156 valence electrons. The molecule has 6 nitrogen and oxygen atoms in total. The second-order valence-corrected chi connectivity index (χ2v) is 8.02. The minimum absolute atomic E-state index is 0.229. The van der Waals surface area contributed by atoms with Gasteiger partial charge in [0.15, 0.2) is 5.17 Å². The minimum Gasteiger partial charge on any atom is -0.478 e. The predicted octanol–water partition coefficient (Wildman–Crippen LogP) is 5.41. The Morgan fingerprint density at radius 3 is 2.65 bits per heavy atom. The van der Waals surface area contributed by atoms with Crippen LogP contribution in [-0.2, 0) is 11.2 Å². The summed E-state index contributed by atoms with van der Waals surface area (Å²) >= 11 is 1.25. The predicted molar refractivity (Wildman–Crippen MR) is 122 cm³/mol. The van der Waals surface area contributed by atoms with Crippen LogP contribution in [-0.4, -0.2) is 22.2 Å². The summed E-state index contributed by atoms with van der Waals surface area (Å²) in [7, 11) is 0. The van der Waals surface area contributed by atoms with Crippen LogP contribution in [0.2, 0.25) is 0 Å². The molecule has 0 aliphatic carbocycles. The molecule has 2 heterocycles. The lowest BCUT2D eigenvalue weighted by molar-refractivity contribution is -0.115. The highest BCUT2D eigenvalue weighted by Gasteiger charge is 2.24. The number of aryl methyl sites for hydroxylation is 1. The Hall–Kier alpha value is -3.58. The largest absolute Gasteiger partial charge is 0.478 e. The molecule has 4 rings (SSSR count). The second kappa shape index (κ2) is 8.65. The van der Waals surface area contributed by atoms with Crippen LogP contribution >= 0.6 is 11.8 Å². The molecule has 2 aromatic carbocycles. The van der Waals surface area contributed by atoms with E-state index in [0.717, 1.165) is 12.1 Å². The fraction of sp³-hybridized carbons (Fsp3) is 0.125. The van der Waals surface area contributed by atoms with Crippen LogP contribution in [0.1, 0.15) is 34.2 Å². The van der Waals surface area contributed by atoms with Crippen molar-refractivity contribution in [3.8, 4) is 11.3 Å². The van der Waals surface area contributed by atoms with Gasteiger partial charge in [-0.15, -0.1) is 0 Å². The Morgan fingerprint density at radius 2 is 1.94 bits per heavy atom. The van der Waals surface area contributed by atoms with Crippen LogP contribution in [0, 0.1) is 6.92 Å². The van der Waals surface area contributed by atoms with E-state index in [1.165, 1.54) is 17.3 Å². The maximum atomic E-state index is 12.3. The maximum Gasteiger partial charge on any atom is 0.335 e. The first-order valence-electron chi connectivity index (χ1n) is 9.76. The number of thioether (sulfide) groups is 1. The third-order valence-corrected chi connectivity index (χ3v) is 5.87. The molecule has 1 aromatic heterocycles. The van der Waals surface area contributed by atoms with Crippen LogP contribution in [0.4, 0.5) is 5.69 Å². The van der Waals surface area contributed by atoms with Crippen molar-refractivity contribution in [2.45, 2.75) is 20.3 Å². The van der Waals surface area contributed by atoms with Gasteiger partial charge in [0.25, 0.3) is 5.91 Å². The lowest BCUT2D eigenvalue weighted by Crippen LogP contribution is -2.19. The van der Waals surface area contributed by atoms with E-state index in [1.807, 2.05) is 30.3 Å². The van der Waals surface area contributed by atoms with E-state index in [-0.39, 0.29) is 11.5 Å². The summed E-state index contributed by atoms with van der Waals surface area (Å²) < 4.78 is 5.87. The number of nitrogens with zero attached hydrogens (tertiary/aromatic N) is 1. The number of nitrogens with one attached hydrogen (secondary N) is 1. The number of carboxylic acid groups (broad SMARTS) is 1. The number of amidine groups is 1. The fourth-order valence-corrected chi connectivity index (χ4v) is 4.06. The number of aromatic carboxylic acids is 1. The Balaban J connectivity index is 1.55. The molecule has 1 saturated heterocycles. The molecule has 7 heteroatoms. The molecule has 0 bridgehead atoms. The number of benzene rings is 2. The molecule has 0 unspecified atom stereocenters. The van der Waals surface area contributed by atoms with Gasteiger partial charge in [0, 0.05) is 11.6 Å². The fourth-order valence-electron chi connectivity index (χ4n) is 3.24. The van der Waals surface area contributed by atoms with Gasteiger partial charge in [-0.05, 0) is 66.6 Å². The van der Waals surface area contributed by atoms with Gasteiger partial charge in [-0.25, -0.2) is 9.79 Å². The number of carbonyl (C=O) groups excluding carboxylic acids is 1. The summed E-state index contributed by atoms with van der Waals surface area (Å²) in [6.45, 7) is 3.84. The van der Waals surface area contributed by atoms with E-state index in [2.05, 4.69) is 17.2 Å². The molecule has 1 aliphatic rings. The normalized spacial score (nSPS) is 16.1. The lowest BCUT2D eigenvalue weighted by Gasteiger charge is -2.05. The zero-order chi connectivity index (χ0) is 22.0. The van der Waals surface area contributed by atoms with Gasteiger partial charge >= 0.3 is 5.97 Å². The second-order valence-electron chi connectivity index (χ2n) is 6.99. The van der Waals surface area contributed by atoms with Crippen molar-refractivity contribution in [2.24, 2.45) is 4.99 Å². The summed E-state index contributed by atoms with van der Waals surface area (Å²) in [4.78, 5) is 28.7. The minimum atomic E-state index is -0.983. The molecule has 0 atom stereocenters. The summed E-state index contributed by atoms with van der Waals surface area (Å²) in [5, 5.41) is 12.6. The van der Waals surface area contributed by atoms with Crippen molar-refractivity contribution in [3.63, 3.8) is 0 Å². The number of carboxylic acids is 1. The van der Waals surface area contributed by atoms with Gasteiger partial charge in [0.1, 0.15) is 11.5 Å². The summed E-state index contributed by atoms with van der Waals surface area (Å²) in [6.07, 6.45) is 2.61. The van der Waals surface area contributed by atoms with Crippen LogP contribution in [0.25, 0.3) is 17.4 Å². The van der Waals surface area contributed by atoms with Crippen molar-refractivity contribution in [2.75, 3.05) is 0 Å². The number of aliphatic imine (C=N–C) groups is 1. The number of hydrogen-bond donors (Lipinski definition) is 2. The molecular weight excluding hydrogens is 412 g/mol. The lowest BCUT2D eigenvalue weighted by atomic mass is 10.0. The van der Waals surface area contributed by atoms with Crippen LogP contribution in [0.3, 0.4) is 0 Å². The quantitative estimate of drug-likeness (QED) is 0.526. The van der Waals surface area contributed by atoms with Crippen LogP contribution in [0.15, 0.2) is 68.9 Å². The Bertz CT molecular complexity index is 1220. The summed E-state index contributed by atoms with van der Waals surface area (Å²) in [6, 6.07) is 16.4. The highest BCUT2D eigenvalue weighted by Crippen LogP contribution is 2.31. The summed E-state index contributed by atoms with van der Waals surface area (Å²) in [5.41, 5.74) is 3.55. The topological polar surface area (TPSA) is 91.9 Å². The number of rotatable bonds is 5. The zero-order valence-electron chi connectivity index (χ0n) is 17.0. The van der Waals surface area contributed by atoms with E-state index >= 15 is 0 Å². The van der Waals surface area contributed by atoms with Crippen LogP contribution in [0.5, 0.6) is 0 Å². The molecule has 1 fully saturated rings. The Morgan fingerprint density at radius 1 is 1.16 bits per heavy atom. The highest BCUT2D eigenvalue weighted by molar-refractivity contribution is 8.18. The van der Waals surface area contributed by atoms with Gasteiger partial charge in [-0.2, -0.15) is 0 Å². The number of hydrogen-bond acceptors (Lipinski definition) is 5. The monoisotopic (exact) mass is 432 g/mol. The average molecular weight is 433 g/mol. The molecule has 0 radical (unpaired) electrons. The number of furan rings is 1. The Labute approximate surface area is 183 Å². The number of carbonyl (C=O) groups is 2.